The number of rotatable bonds is 9. The molecule has 2 bridgehead atoms. The summed E-state index contributed by atoms with van der Waals surface area (Å²) in [6.07, 6.45) is 3.38. The number of nitrogens with zero attached hydrogens (tertiary/aromatic N) is 3. The minimum atomic E-state index is -3.43. The van der Waals surface area contributed by atoms with Gasteiger partial charge in [-0.3, -0.25) is 0 Å². The Bertz CT molecular complexity index is 1670. The van der Waals surface area contributed by atoms with E-state index in [9.17, 15) is 30.8 Å². The summed E-state index contributed by atoms with van der Waals surface area (Å²) < 4.78 is 68.3. The molecule has 3 fully saturated rings. The van der Waals surface area contributed by atoms with Gasteiger partial charge in [-0.2, -0.15) is 0 Å². The average Bonchev–Trinajstić information content (AvgIpc) is 2.88. The van der Waals surface area contributed by atoms with Crippen LogP contribution >= 0.6 is 0 Å². The van der Waals surface area contributed by atoms with E-state index in [0.29, 0.717) is 32.2 Å². The van der Waals surface area contributed by atoms with Crippen molar-refractivity contribution in [2.24, 2.45) is 0 Å². The van der Waals surface area contributed by atoms with Gasteiger partial charge in [-0.25, -0.2) is 30.8 Å². The van der Waals surface area contributed by atoms with Crippen LogP contribution in [0.5, 0.6) is 0 Å². The highest BCUT2D eigenvalue weighted by atomic mass is 32.2. The van der Waals surface area contributed by atoms with Crippen molar-refractivity contribution < 1.29 is 35.6 Å². The first-order chi connectivity index (χ1) is 20.8. The van der Waals surface area contributed by atoms with E-state index in [0.717, 1.165) is 29.2 Å². The van der Waals surface area contributed by atoms with E-state index in [1.807, 2.05) is 24.3 Å². The topological polar surface area (TPSA) is 121 Å². The minimum absolute atomic E-state index is 0.0300. The van der Waals surface area contributed by atoms with Crippen LogP contribution in [-0.2, 0) is 30.8 Å². The number of hydrogen-bond donors (Lipinski definition) is 0. The molecule has 6 rings (SSSR count). The Kier molecular flexibility index (Phi) is 8.52. The molecule has 1 heterocycles. The van der Waals surface area contributed by atoms with Gasteiger partial charge in [-0.15, -0.1) is 0 Å². The van der Waals surface area contributed by atoms with Crippen LogP contribution in [0.1, 0.15) is 62.8 Å². The third kappa shape index (κ3) is 6.98. The zero-order chi connectivity index (χ0) is 33.0. The molecule has 0 saturated heterocycles. The Morgan fingerprint density at radius 1 is 0.889 bits per heavy atom. The Morgan fingerprint density at radius 2 is 1.42 bits per heavy atom. The molecule has 0 aromatic heterocycles. The second-order valence-electron chi connectivity index (χ2n) is 13.9. The van der Waals surface area contributed by atoms with Crippen LogP contribution < -0.4 is 0 Å². The molecule has 0 spiro atoms. The van der Waals surface area contributed by atoms with Crippen molar-refractivity contribution in [3.63, 3.8) is 0 Å². The fourth-order valence-electron chi connectivity index (χ4n) is 7.08. The van der Waals surface area contributed by atoms with E-state index >= 15 is 0 Å². The van der Waals surface area contributed by atoms with Gasteiger partial charge in [0.05, 0.1) is 28.6 Å². The Morgan fingerprint density at radius 3 is 1.98 bits per heavy atom. The highest BCUT2D eigenvalue weighted by Gasteiger charge is 2.74. The van der Waals surface area contributed by atoms with Crippen molar-refractivity contribution in [3.05, 3.63) is 71.0 Å². The van der Waals surface area contributed by atoms with E-state index in [2.05, 4.69) is 0 Å². The molecule has 10 nitrogen and oxygen atoms in total. The van der Waals surface area contributed by atoms with Gasteiger partial charge in [0, 0.05) is 32.1 Å². The lowest BCUT2D eigenvalue weighted by Gasteiger charge is -2.76. The Labute approximate surface area is 265 Å². The first-order valence-electron chi connectivity index (χ1n) is 15.1. The average molecular weight is 664 g/mol. The van der Waals surface area contributed by atoms with Crippen LogP contribution in [0.15, 0.2) is 48.5 Å². The van der Waals surface area contributed by atoms with E-state index in [1.165, 1.54) is 17.0 Å². The first-order valence-corrected chi connectivity index (χ1v) is 19.2. The number of urea groups is 1. The molecule has 1 aliphatic heterocycles. The largest absolute Gasteiger partial charge is 0.444 e. The molecule has 2 aromatic rings. The second kappa shape index (κ2) is 11.6. The maximum absolute atomic E-state index is 14.6. The number of sulfone groups is 2. The summed E-state index contributed by atoms with van der Waals surface area (Å²) in [5.41, 5.74) is 0.573. The number of fused-ring (bicyclic) bond motifs is 1. The van der Waals surface area contributed by atoms with Crippen LogP contribution in [0.2, 0.25) is 0 Å². The molecule has 13 heteroatoms. The van der Waals surface area contributed by atoms with Crippen molar-refractivity contribution in [1.29, 1.82) is 0 Å². The Hall–Kier alpha value is -3.19. The highest BCUT2D eigenvalue weighted by Crippen LogP contribution is 2.67. The fourth-order valence-corrected chi connectivity index (χ4v) is 8.10. The summed E-state index contributed by atoms with van der Waals surface area (Å²) in [5, 5.41) is 0. The lowest BCUT2D eigenvalue weighted by atomic mass is 9.42. The molecular formula is C32H42FN3O7S2. The van der Waals surface area contributed by atoms with Crippen LogP contribution in [0.4, 0.5) is 14.0 Å². The molecule has 0 unspecified atom stereocenters. The monoisotopic (exact) mass is 663 g/mol. The summed E-state index contributed by atoms with van der Waals surface area (Å²) in [5.74, 6) is -0.854. The predicted octanol–water partition coefficient (Wildman–Crippen LogP) is 4.20. The van der Waals surface area contributed by atoms with Crippen LogP contribution in [0, 0.1) is 5.82 Å². The number of benzene rings is 2. The normalized spacial score (nSPS) is 24.1. The van der Waals surface area contributed by atoms with Crippen LogP contribution in [0.25, 0.3) is 0 Å². The standard InChI is InChI=1S/C32H42FN3O7S2/c1-30(2,3)43-29(38)36(17-19-45(5,41)42)32-20-31(21-32,22-32)35(16-18-44(4,39)40)28(37)34-15-14-23-8-6-7-9-26(23)27(34)24-10-12-25(33)13-11-24/h6-13,27H,14-22H2,1-5H3/t27-,31?,32?/m0/s1. The maximum atomic E-state index is 14.6. The van der Waals surface area contributed by atoms with Crippen molar-refractivity contribution >= 4 is 31.8 Å². The van der Waals surface area contributed by atoms with Crippen molar-refractivity contribution in [2.75, 3.05) is 43.7 Å². The summed E-state index contributed by atoms with van der Waals surface area (Å²) >= 11 is 0. The van der Waals surface area contributed by atoms with Gasteiger partial charge in [0.25, 0.3) is 0 Å². The van der Waals surface area contributed by atoms with E-state index in [1.54, 1.807) is 42.7 Å². The molecule has 3 aliphatic carbocycles. The number of halogens is 1. The molecular weight excluding hydrogens is 621 g/mol. The zero-order valence-electron chi connectivity index (χ0n) is 26.5. The molecule has 246 valence electrons. The van der Waals surface area contributed by atoms with E-state index < -0.39 is 48.5 Å². The highest BCUT2D eigenvalue weighted by molar-refractivity contribution is 7.90. The number of carbonyl (C=O) groups excluding carboxylic acids is 2. The smallest absolute Gasteiger partial charge is 0.410 e. The Balaban J connectivity index is 1.45. The van der Waals surface area contributed by atoms with Crippen LogP contribution in [-0.4, -0.2) is 104 Å². The van der Waals surface area contributed by atoms with Gasteiger partial charge >= 0.3 is 12.1 Å². The van der Waals surface area contributed by atoms with Crippen molar-refractivity contribution in [2.45, 2.75) is 69.2 Å². The number of amides is 3. The van der Waals surface area contributed by atoms with Gasteiger partial charge in [0.2, 0.25) is 0 Å². The zero-order valence-corrected chi connectivity index (χ0v) is 28.1. The summed E-state index contributed by atoms with van der Waals surface area (Å²) in [6, 6.07) is 13.1. The number of ether oxygens (including phenoxy) is 1. The van der Waals surface area contributed by atoms with Gasteiger partial charge in [-0.1, -0.05) is 36.4 Å². The van der Waals surface area contributed by atoms with Gasteiger partial charge < -0.3 is 19.4 Å². The van der Waals surface area contributed by atoms with Gasteiger partial charge in [-0.05, 0) is 75.3 Å². The van der Waals surface area contributed by atoms with Crippen molar-refractivity contribution in [3.8, 4) is 0 Å². The fraction of sp³-hybridized carbons (Fsp3) is 0.562. The summed E-state index contributed by atoms with van der Waals surface area (Å²) in [4.78, 5) is 32.8. The third-order valence-corrected chi connectivity index (χ3v) is 10.9. The van der Waals surface area contributed by atoms with Gasteiger partial charge in [0.15, 0.2) is 0 Å². The number of carbonyl (C=O) groups is 2. The molecule has 4 aliphatic rings. The maximum Gasteiger partial charge on any atom is 0.410 e. The quantitative estimate of drug-likeness (QED) is 0.395. The molecule has 1 atom stereocenters. The molecule has 3 amide bonds. The molecule has 0 radical (unpaired) electrons. The SMILES string of the molecule is CC(C)(C)OC(=O)N(CCS(C)(=O)=O)C12CC(N(CCS(C)(=O)=O)C(=O)N3CCc4ccccc4[C@@H]3c3ccc(F)cc3)(C1)C2. The third-order valence-electron chi connectivity index (χ3n) is 9.05. The predicted molar refractivity (Wildman–Crippen MR) is 169 cm³/mol. The lowest BCUT2D eigenvalue weighted by molar-refractivity contribution is -0.210. The van der Waals surface area contributed by atoms with E-state index in [4.69, 9.17) is 4.74 Å². The lowest BCUT2D eigenvalue weighted by Crippen LogP contribution is -2.85. The van der Waals surface area contributed by atoms with E-state index in [-0.39, 0.29) is 36.4 Å². The minimum Gasteiger partial charge on any atom is -0.444 e. The first kappa shape index (κ1) is 33.2. The molecule has 45 heavy (non-hydrogen) atoms. The second-order valence-corrected chi connectivity index (χ2v) is 18.4. The molecule has 2 aromatic carbocycles. The summed E-state index contributed by atoms with van der Waals surface area (Å²) in [7, 11) is -6.80. The van der Waals surface area contributed by atoms with Crippen LogP contribution in [0.3, 0.4) is 0 Å². The van der Waals surface area contributed by atoms with Gasteiger partial charge in [0.1, 0.15) is 31.1 Å². The van der Waals surface area contributed by atoms with Crippen molar-refractivity contribution in [1.82, 2.24) is 14.7 Å². The number of hydrogen-bond acceptors (Lipinski definition) is 7. The molecule has 3 saturated carbocycles. The molecule has 0 N–H and O–H groups in total. The summed E-state index contributed by atoms with van der Waals surface area (Å²) in [6.45, 7) is 5.52.